The van der Waals surface area contributed by atoms with Gasteiger partial charge in [-0.25, -0.2) is 5.48 Å². The van der Waals surface area contributed by atoms with Crippen molar-refractivity contribution in [2.75, 3.05) is 53.5 Å². The molecule has 0 radical (unpaired) electrons. The summed E-state index contributed by atoms with van der Waals surface area (Å²) in [6, 6.07) is 15.5. The number of nitrogens with zero attached hydrogens (tertiary/aromatic N) is 2. The Hall–Kier alpha value is -5.58. The van der Waals surface area contributed by atoms with Crippen LogP contribution in [-0.4, -0.2) is 100.0 Å². The van der Waals surface area contributed by atoms with Gasteiger partial charge in [0.1, 0.15) is 24.7 Å². The van der Waals surface area contributed by atoms with Crippen LogP contribution in [0.3, 0.4) is 0 Å². The second-order valence-corrected chi connectivity index (χ2v) is 12.5. The lowest BCUT2D eigenvalue weighted by molar-refractivity contribution is -0.130. The summed E-state index contributed by atoms with van der Waals surface area (Å²) in [7, 11) is 3.21. The number of nitrogens with two attached hydrogens (primary N) is 2. The van der Waals surface area contributed by atoms with E-state index in [0.717, 1.165) is 27.8 Å². The number of benzene rings is 3. The molecule has 3 rings (SSSR count). The van der Waals surface area contributed by atoms with E-state index in [1.807, 2.05) is 63.2 Å². The van der Waals surface area contributed by atoms with Gasteiger partial charge in [0.15, 0.2) is 11.4 Å². The van der Waals surface area contributed by atoms with Crippen molar-refractivity contribution < 1.29 is 33.5 Å². The Kier molecular flexibility index (Phi) is 17.3. The molecule has 0 spiro atoms. The average Bonchev–Trinajstić information content (AvgIpc) is 3.17. The number of nitrogens with one attached hydrogen (secondary N) is 4. The molecule has 3 aromatic carbocycles. The van der Waals surface area contributed by atoms with Crippen molar-refractivity contribution in [2.45, 2.75) is 39.3 Å². The van der Waals surface area contributed by atoms with Crippen LogP contribution in [0.2, 0.25) is 0 Å². The summed E-state index contributed by atoms with van der Waals surface area (Å²) in [6.07, 6.45) is 0.666. The molecule has 290 valence electrons. The Morgan fingerprint density at radius 3 is 2.22 bits per heavy atom. The number of amides is 4. The number of aliphatic imine (C=N–C) groups is 1. The third-order valence-corrected chi connectivity index (χ3v) is 8.57. The van der Waals surface area contributed by atoms with Gasteiger partial charge in [-0.1, -0.05) is 29.8 Å². The van der Waals surface area contributed by atoms with Gasteiger partial charge in [-0.05, 0) is 86.4 Å². The minimum Gasteiger partial charge on any atom is -0.492 e. The minimum atomic E-state index is -0.719. The monoisotopic (exact) mass is 762 g/mol. The molecule has 4 amide bonds. The molecule has 0 aliphatic rings. The van der Waals surface area contributed by atoms with Crippen molar-refractivity contribution in [3.63, 3.8) is 0 Å². The number of aryl methyl sites for hydroxylation is 2. The number of thiocarbonyl (C=S) groups is 1. The van der Waals surface area contributed by atoms with Crippen molar-refractivity contribution in [1.82, 2.24) is 26.3 Å². The zero-order chi connectivity index (χ0) is 39.6. The van der Waals surface area contributed by atoms with Crippen molar-refractivity contribution >= 4 is 47.7 Å². The first-order valence-electron chi connectivity index (χ1n) is 17.3. The first-order valence-corrected chi connectivity index (χ1v) is 17.8. The lowest BCUT2D eigenvalue weighted by Gasteiger charge is -2.27. The van der Waals surface area contributed by atoms with Crippen LogP contribution in [-0.2, 0) is 25.6 Å². The summed E-state index contributed by atoms with van der Waals surface area (Å²) in [5, 5.41) is 7.95. The molecule has 0 saturated carbocycles. The molecule has 1 unspecified atom stereocenters. The summed E-state index contributed by atoms with van der Waals surface area (Å²) in [4.78, 5) is 60.6. The van der Waals surface area contributed by atoms with Crippen LogP contribution in [0.1, 0.15) is 45.6 Å². The van der Waals surface area contributed by atoms with Gasteiger partial charge in [0.05, 0.1) is 25.2 Å². The molecule has 0 saturated heterocycles. The van der Waals surface area contributed by atoms with Gasteiger partial charge in [0.25, 0.3) is 5.91 Å². The summed E-state index contributed by atoms with van der Waals surface area (Å²) in [5.74, 6) is 0.263. The highest BCUT2D eigenvalue weighted by molar-refractivity contribution is 7.78. The highest BCUT2D eigenvalue weighted by Crippen LogP contribution is 2.39. The lowest BCUT2D eigenvalue weighted by Crippen LogP contribution is -2.50. The molecule has 0 aliphatic heterocycles. The van der Waals surface area contributed by atoms with E-state index >= 15 is 0 Å². The predicted octanol–water partition coefficient (Wildman–Crippen LogP) is 1.87. The normalized spacial score (nSPS) is 12.1. The fourth-order valence-electron chi connectivity index (χ4n) is 5.59. The second-order valence-electron chi connectivity index (χ2n) is 12.3. The van der Waals surface area contributed by atoms with Gasteiger partial charge in [-0.15, -0.1) is 0 Å². The molecule has 2 atom stereocenters. The number of carbonyl (C=O) groups excluding carboxylic acids is 4. The number of hydrogen-bond acceptors (Lipinski definition) is 11. The highest BCUT2D eigenvalue weighted by Gasteiger charge is 2.24. The number of carbonyl (C=O) groups is 4. The summed E-state index contributed by atoms with van der Waals surface area (Å²) < 4.78 is 12.2. The zero-order valence-electron chi connectivity index (χ0n) is 31.3. The molecule has 0 heterocycles. The van der Waals surface area contributed by atoms with E-state index in [0.29, 0.717) is 34.6 Å². The number of likely N-dealkylation sites (N-methyl/N-ethyl adjacent to an activating group) is 1. The van der Waals surface area contributed by atoms with Crippen LogP contribution in [0.4, 0.5) is 0 Å². The molecule has 0 fully saturated rings. The van der Waals surface area contributed by atoms with Crippen molar-refractivity contribution in [1.29, 1.82) is 0 Å². The van der Waals surface area contributed by atoms with Crippen LogP contribution < -0.4 is 42.4 Å². The first kappa shape index (κ1) is 42.8. The first-order chi connectivity index (χ1) is 26.0. The smallest absolute Gasteiger partial charge is 0.251 e. The van der Waals surface area contributed by atoms with E-state index in [1.54, 1.807) is 24.1 Å². The van der Waals surface area contributed by atoms with Gasteiger partial charge in [-0.2, -0.15) is 0 Å². The fraction of sp³-hybridized carbons (Fsp3) is 0.368. The Bertz CT molecular complexity index is 1810. The van der Waals surface area contributed by atoms with Crippen LogP contribution in [0.5, 0.6) is 11.5 Å². The van der Waals surface area contributed by atoms with E-state index in [2.05, 4.69) is 26.4 Å². The molecule has 16 heteroatoms. The van der Waals surface area contributed by atoms with Crippen molar-refractivity contribution in [3.8, 4) is 22.6 Å². The molecular formula is C38H50N8O7S. The largest absolute Gasteiger partial charge is 0.492 e. The van der Waals surface area contributed by atoms with Gasteiger partial charge in [0, 0.05) is 43.9 Å². The van der Waals surface area contributed by atoms with E-state index in [9.17, 15) is 19.2 Å². The van der Waals surface area contributed by atoms with E-state index < -0.39 is 18.0 Å². The lowest BCUT2D eigenvalue weighted by atomic mass is 9.94. The molecule has 0 bridgehead atoms. The van der Waals surface area contributed by atoms with Gasteiger partial charge < -0.3 is 46.6 Å². The van der Waals surface area contributed by atoms with Crippen molar-refractivity contribution in [3.05, 3.63) is 82.4 Å². The maximum Gasteiger partial charge on any atom is 0.251 e. The van der Waals surface area contributed by atoms with Gasteiger partial charge in [0.2, 0.25) is 18.2 Å². The molecule has 0 aliphatic carbocycles. The van der Waals surface area contributed by atoms with Gasteiger partial charge in [-0.3, -0.25) is 24.2 Å². The molecule has 8 N–H and O–H groups in total. The number of ether oxygens (including phenoxy) is 2. The maximum atomic E-state index is 13.4. The van der Waals surface area contributed by atoms with Crippen LogP contribution >= 0.6 is 12.2 Å². The summed E-state index contributed by atoms with van der Waals surface area (Å²) in [5.41, 5.74) is 20.5. The summed E-state index contributed by atoms with van der Waals surface area (Å²) >= 11 is 4.77. The summed E-state index contributed by atoms with van der Waals surface area (Å²) in [6.45, 7) is 6.29. The Balaban J connectivity index is 2.00. The fourth-order valence-corrected chi connectivity index (χ4v) is 5.64. The average molecular weight is 763 g/mol. The quantitative estimate of drug-likeness (QED) is 0.0303. The number of amidine groups is 1. The third-order valence-electron chi connectivity index (χ3n) is 8.48. The van der Waals surface area contributed by atoms with Crippen LogP contribution in [0, 0.1) is 13.8 Å². The topological polar surface area (TPSA) is 212 Å². The minimum absolute atomic E-state index is 0.188. The molecule has 54 heavy (non-hydrogen) atoms. The Morgan fingerprint density at radius 2 is 1.61 bits per heavy atom. The SMILES string of the molecule is CN=C(NOC=S)[C@H](Cc1ccc(OCCN)c(-c2cc(C(C)N(C)C(=O)CNC(=O)c3ccc(C)cc3C)ccc2OCCN)c1)NC(=O)CNC=O. The molecule has 15 nitrogen and oxygen atoms in total. The van der Waals surface area contributed by atoms with Gasteiger partial charge >= 0.3 is 0 Å². The van der Waals surface area contributed by atoms with Crippen LogP contribution in [0.25, 0.3) is 11.1 Å². The van der Waals surface area contributed by atoms with Crippen LogP contribution in [0.15, 0.2) is 59.6 Å². The molecular weight excluding hydrogens is 713 g/mol. The van der Waals surface area contributed by atoms with E-state index in [1.165, 1.54) is 7.05 Å². The second kappa shape index (κ2) is 21.8. The third kappa shape index (κ3) is 12.2. The number of hydroxylamine groups is 1. The number of hydrogen-bond donors (Lipinski definition) is 6. The maximum absolute atomic E-state index is 13.4. The molecule has 0 aromatic heterocycles. The Morgan fingerprint density at radius 1 is 0.944 bits per heavy atom. The molecule has 3 aromatic rings. The standard InChI is InChI=1S/C38H50N8O7S/c1-24-6-9-29(25(2)16-24)38(50)43-21-36(49)46(5)26(3)28-8-11-34(52-15-13-40)31(19-28)30-17-27(7-10-33(30)51-14-12-39)18-32(37(41-4)45-53-23-54)44-35(48)20-42-22-47/h6-11,16-17,19,22-23,26,32H,12-15,18,20-21,39-40H2,1-5H3,(H,41,45)(H,42,47)(H,43,50)(H,44,48)/t26?,32-/m0/s1. The predicted molar refractivity (Wildman–Crippen MR) is 211 cm³/mol. The van der Waals surface area contributed by atoms with Crippen molar-refractivity contribution in [2.24, 2.45) is 16.5 Å². The zero-order valence-corrected chi connectivity index (χ0v) is 32.1. The number of rotatable bonds is 21. The van der Waals surface area contributed by atoms with E-state index in [-0.39, 0.29) is 63.5 Å². The highest BCUT2D eigenvalue weighted by atomic mass is 32.1. The Labute approximate surface area is 321 Å². The van der Waals surface area contributed by atoms with E-state index in [4.69, 9.17) is 38.0 Å².